The molecule has 4 nitrogen and oxygen atoms in total. The predicted molar refractivity (Wildman–Crippen MR) is 47.3 cm³/mol. The molecule has 0 saturated carbocycles. The summed E-state index contributed by atoms with van der Waals surface area (Å²) in [4.78, 5) is 13.2. The normalized spacial score (nSPS) is 16.3. The van der Waals surface area contributed by atoms with Crippen LogP contribution in [0.3, 0.4) is 0 Å². The Bertz CT molecular complexity index is 407. The highest BCUT2D eigenvalue weighted by molar-refractivity contribution is 5.25. The van der Waals surface area contributed by atoms with E-state index in [0.717, 1.165) is 0 Å². The average Bonchev–Trinajstić information content (AvgIpc) is 2.43. The molecule has 0 atom stereocenters. The maximum Gasteiger partial charge on any atom is 0.438 e. The van der Waals surface area contributed by atoms with Crippen LogP contribution in [0.5, 0.6) is 0 Å². The Hall–Kier alpha value is -1.84. The average molecular weight is 176 g/mol. The van der Waals surface area contributed by atoms with E-state index in [1.54, 1.807) is 0 Å². The van der Waals surface area contributed by atoms with Crippen LogP contribution in [-0.4, -0.2) is 10.1 Å². The molecule has 0 unspecified atom stereocenters. The van der Waals surface area contributed by atoms with Crippen molar-refractivity contribution in [2.24, 2.45) is 0 Å². The van der Waals surface area contributed by atoms with E-state index in [1.807, 2.05) is 36.5 Å². The number of allylic oxidation sites excluding steroid dienone is 6. The van der Waals surface area contributed by atoms with Gasteiger partial charge in [0.05, 0.1) is 5.92 Å². The number of hydrogen-bond donors (Lipinski definition) is 1. The van der Waals surface area contributed by atoms with E-state index in [-0.39, 0.29) is 5.92 Å². The first-order chi connectivity index (χ1) is 6.36. The number of nitrogens with zero attached hydrogens (tertiary/aromatic N) is 1. The van der Waals surface area contributed by atoms with E-state index in [4.69, 9.17) is 0 Å². The molecule has 0 aliphatic heterocycles. The molecule has 1 aromatic heterocycles. The first kappa shape index (κ1) is 7.79. The quantitative estimate of drug-likeness (QED) is 0.697. The van der Waals surface area contributed by atoms with Crippen LogP contribution in [0, 0.1) is 0 Å². The third-order valence-corrected chi connectivity index (χ3v) is 1.74. The van der Waals surface area contributed by atoms with E-state index < -0.39 is 5.76 Å². The van der Waals surface area contributed by atoms with Crippen LogP contribution in [0.4, 0.5) is 0 Å². The van der Waals surface area contributed by atoms with E-state index in [9.17, 15) is 4.79 Å². The second-order valence-corrected chi connectivity index (χ2v) is 2.66. The van der Waals surface area contributed by atoms with Crippen LogP contribution in [0.2, 0.25) is 0 Å². The van der Waals surface area contributed by atoms with Crippen molar-refractivity contribution in [3.63, 3.8) is 0 Å². The Morgan fingerprint density at radius 2 is 1.92 bits per heavy atom. The maximum atomic E-state index is 10.7. The molecule has 0 radical (unpaired) electrons. The van der Waals surface area contributed by atoms with Gasteiger partial charge in [0.15, 0.2) is 5.82 Å². The van der Waals surface area contributed by atoms with Gasteiger partial charge < -0.3 is 0 Å². The number of rotatable bonds is 1. The van der Waals surface area contributed by atoms with E-state index >= 15 is 0 Å². The number of nitrogens with one attached hydrogen (secondary N) is 1. The summed E-state index contributed by atoms with van der Waals surface area (Å²) >= 11 is 0. The number of hydrogen-bond acceptors (Lipinski definition) is 3. The predicted octanol–water partition coefficient (Wildman–Crippen LogP) is 1.13. The lowest BCUT2D eigenvalue weighted by Crippen LogP contribution is -1.99. The zero-order valence-electron chi connectivity index (χ0n) is 6.81. The van der Waals surface area contributed by atoms with Gasteiger partial charge in [0.2, 0.25) is 0 Å². The molecule has 0 fully saturated rings. The molecule has 0 saturated heterocycles. The summed E-state index contributed by atoms with van der Waals surface area (Å²) in [5.41, 5.74) is 0. The van der Waals surface area contributed by atoms with Crippen LogP contribution in [-0.2, 0) is 0 Å². The Kier molecular flexibility index (Phi) is 1.96. The summed E-state index contributed by atoms with van der Waals surface area (Å²) < 4.78 is 4.41. The summed E-state index contributed by atoms with van der Waals surface area (Å²) in [6.45, 7) is 0. The van der Waals surface area contributed by atoms with Gasteiger partial charge in [-0.15, -0.1) is 0 Å². The molecule has 0 bridgehead atoms. The zero-order chi connectivity index (χ0) is 9.10. The van der Waals surface area contributed by atoms with Gasteiger partial charge in [-0.2, -0.15) is 0 Å². The topological polar surface area (TPSA) is 58.9 Å². The second-order valence-electron chi connectivity index (χ2n) is 2.66. The van der Waals surface area contributed by atoms with Crippen molar-refractivity contribution in [3.05, 3.63) is 52.8 Å². The number of aromatic amines is 1. The molecule has 0 spiro atoms. The van der Waals surface area contributed by atoms with Crippen LogP contribution >= 0.6 is 0 Å². The fraction of sp³-hybridized carbons (Fsp3) is 0.111. The monoisotopic (exact) mass is 176 g/mol. The molecule has 0 amide bonds. The molecular weight excluding hydrogens is 168 g/mol. The summed E-state index contributed by atoms with van der Waals surface area (Å²) in [6.07, 6.45) is 11.5. The molecule has 2 rings (SSSR count). The number of aromatic nitrogens is 2. The molecule has 13 heavy (non-hydrogen) atoms. The van der Waals surface area contributed by atoms with Gasteiger partial charge in [0, 0.05) is 0 Å². The highest BCUT2D eigenvalue weighted by Crippen LogP contribution is 2.15. The molecular formula is C9H8N2O2. The Balaban J connectivity index is 2.31. The van der Waals surface area contributed by atoms with Crippen molar-refractivity contribution in [1.29, 1.82) is 0 Å². The van der Waals surface area contributed by atoms with E-state index in [2.05, 4.69) is 14.7 Å². The highest BCUT2D eigenvalue weighted by atomic mass is 16.5. The molecule has 0 aromatic carbocycles. The van der Waals surface area contributed by atoms with Gasteiger partial charge in [-0.25, -0.2) is 4.79 Å². The molecule has 1 aliphatic carbocycles. The van der Waals surface area contributed by atoms with Crippen LogP contribution in [0.1, 0.15) is 11.7 Å². The molecule has 1 heterocycles. The minimum atomic E-state index is -0.519. The van der Waals surface area contributed by atoms with Gasteiger partial charge >= 0.3 is 5.76 Å². The Morgan fingerprint density at radius 1 is 1.23 bits per heavy atom. The van der Waals surface area contributed by atoms with Gasteiger partial charge in [-0.3, -0.25) is 9.51 Å². The van der Waals surface area contributed by atoms with Crippen LogP contribution in [0.25, 0.3) is 0 Å². The van der Waals surface area contributed by atoms with Crippen molar-refractivity contribution in [3.8, 4) is 0 Å². The first-order valence-electron chi connectivity index (χ1n) is 3.94. The van der Waals surface area contributed by atoms with Gasteiger partial charge in [-0.1, -0.05) is 41.6 Å². The molecule has 1 N–H and O–H groups in total. The Morgan fingerprint density at radius 3 is 2.46 bits per heavy atom. The van der Waals surface area contributed by atoms with E-state index in [0.29, 0.717) is 5.82 Å². The largest absolute Gasteiger partial charge is 0.438 e. The standard InChI is InChI=1S/C9H8N2O2/c12-9-10-8(11-13-9)7-5-3-1-2-4-6-7/h1-7H,(H,10,11,12). The lowest BCUT2D eigenvalue weighted by molar-refractivity contribution is 0.381. The summed E-state index contributed by atoms with van der Waals surface area (Å²) in [5.74, 6) is -0.00310. The van der Waals surface area contributed by atoms with Crippen LogP contribution < -0.4 is 5.76 Å². The first-order valence-corrected chi connectivity index (χ1v) is 3.94. The molecule has 1 aromatic rings. The fourth-order valence-electron chi connectivity index (χ4n) is 1.13. The van der Waals surface area contributed by atoms with Crippen molar-refractivity contribution in [2.75, 3.05) is 0 Å². The SMILES string of the molecule is O=c1[nH]c(C2C=CC=CC=C2)no1. The minimum absolute atomic E-state index is 0.0125. The zero-order valence-corrected chi connectivity index (χ0v) is 6.81. The van der Waals surface area contributed by atoms with Crippen LogP contribution in [0.15, 0.2) is 45.8 Å². The van der Waals surface area contributed by atoms with Crippen molar-refractivity contribution in [2.45, 2.75) is 5.92 Å². The lowest BCUT2D eigenvalue weighted by Gasteiger charge is -1.98. The molecule has 4 heteroatoms. The highest BCUT2D eigenvalue weighted by Gasteiger charge is 2.09. The van der Waals surface area contributed by atoms with Crippen molar-refractivity contribution in [1.82, 2.24) is 10.1 Å². The van der Waals surface area contributed by atoms with Gasteiger partial charge in [0.1, 0.15) is 0 Å². The summed E-state index contributed by atoms with van der Waals surface area (Å²) in [7, 11) is 0. The second kappa shape index (κ2) is 3.26. The lowest BCUT2D eigenvalue weighted by atomic mass is 10.1. The third-order valence-electron chi connectivity index (χ3n) is 1.74. The summed E-state index contributed by atoms with van der Waals surface area (Å²) in [5, 5.41) is 3.61. The van der Waals surface area contributed by atoms with Gasteiger partial charge in [-0.05, 0) is 0 Å². The number of H-pyrrole nitrogens is 1. The smallest absolute Gasteiger partial charge is 0.296 e. The third kappa shape index (κ3) is 1.66. The Labute approximate surface area is 74.3 Å². The molecule has 1 aliphatic rings. The molecule has 66 valence electrons. The van der Waals surface area contributed by atoms with Crippen molar-refractivity contribution < 1.29 is 4.52 Å². The van der Waals surface area contributed by atoms with Crippen molar-refractivity contribution >= 4 is 0 Å². The van der Waals surface area contributed by atoms with E-state index in [1.165, 1.54) is 0 Å². The maximum absolute atomic E-state index is 10.7. The van der Waals surface area contributed by atoms with Gasteiger partial charge in [0.25, 0.3) is 0 Å². The fourth-order valence-corrected chi connectivity index (χ4v) is 1.13. The minimum Gasteiger partial charge on any atom is -0.296 e. The summed E-state index contributed by atoms with van der Waals surface area (Å²) in [6, 6.07) is 0.